The maximum Gasteiger partial charge on any atom is 0.165 e. The van der Waals surface area contributed by atoms with Crippen molar-refractivity contribution in [3.63, 3.8) is 0 Å². The molecular formula is C12H14ClFO. The fourth-order valence-electron chi connectivity index (χ4n) is 1.30. The van der Waals surface area contributed by atoms with Gasteiger partial charge in [0, 0.05) is 5.88 Å². The van der Waals surface area contributed by atoms with Gasteiger partial charge in [0.1, 0.15) is 0 Å². The molecule has 82 valence electrons. The van der Waals surface area contributed by atoms with Gasteiger partial charge in [0.2, 0.25) is 0 Å². The van der Waals surface area contributed by atoms with Crippen LogP contribution in [0.1, 0.15) is 18.9 Å². The highest BCUT2D eigenvalue weighted by atomic mass is 35.5. The summed E-state index contributed by atoms with van der Waals surface area (Å²) >= 11 is 5.57. The normalized spacial score (nSPS) is 11.6. The van der Waals surface area contributed by atoms with Crippen LogP contribution in [0.4, 0.5) is 4.39 Å². The minimum atomic E-state index is -0.339. The first-order valence-corrected chi connectivity index (χ1v) is 5.29. The summed E-state index contributed by atoms with van der Waals surface area (Å²) in [6.07, 6.45) is 2.79. The van der Waals surface area contributed by atoms with Gasteiger partial charge in [0.05, 0.1) is 7.11 Å². The van der Waals surface area contributed by atoms with E-state index >= 15 is 0 Å². The van der Waals surface area contributed by atoms with Crippen LogP contribution in [0.25, 0.3) is 5.57 Å². The number of allylic oxidation sites excluding steroid dienone is 2. The summed E-state index contributed by atoms with van der Waals surface area (Å²) in [7, 11) is 1.45. The minimum absolute atomic E-state index is 0.267. The average Bonchev–Trinajstić information content (AvgIpc) is 2.25. The number of hydrogen-bond acceptors (Lipinski definition) is 1. The summed E-state index contributed by atoms with van der Waals surface area (Å²) < 4.78 is 18.2. The Morgan fingerprint density at radius 3 is 2.80 bits per heavy atom. The summed E-state index contributed by atoms with van der Waals surface area (Å²) in [4.78, 5) is 0. The highest BCUT2D eigenvalue weighted by Gasteiger charge is 2.03. The lowest BCUT2D eigenvalue weighted by Crippen LogP contribution is -1.89. The Bertz CT molecular complexity index is 361. The predicted octanol–water partition coefficient (Wildman–Crippen LogP) is 3.87. The molecule has 0 radical (unpaired) electrons. The molecule has 0 atom stereocenters. The molecule has 1 aromatic carbocycles. The molecule has 3 heteroatoms. The number of hydrogen-bond donors (Lipinski definition) is 0. The van der Waals surface area contributed by atoms with Crippen LogP contribution in [0.3, 0.4) is 0 Å². The molecular weight excluding hydrogens is 215 g/mol. The minimum Gasteiger partial charge on any atom is -0.494 e. The lowest BCUT2D eigenvalue weighted by Gasteiger charge is -2.05. The first-order chi connectivity index (χ1) is 7.19. The van der Waals surface area contributed by atoms with E-state index in [9.17, 15) is 4.39 Å². The van der Waals surface area contributed by atoms with Crippen LogP contribution in [-0.4, -0.2) is 13.0 Å². The van der Waals surface area contributed by atoms with Crippen LogP contribution in [0.2, 0.25) is 0 Å². The maximum atomic E-state index is 13.4. The van der Waals surface area contributed by atoms with E-state index in [1.165, 1.54) is 13.2 Å². The molecule has 0 bridgehead atoms. The van der Waals surface area contributed by atoms with Gasteiger partial charge in [0.25, 0.3) is 0 Å². The Hall–Kier alpha value is -1.02. The molecule has 0 heterocycles. The summed E-state index contributed by atoms with van der Waals surface area (Å²) in [6.45, 7) is 1.94. The highest BCUT2D eigenvalue weighted by molar-refractivity contribution is 6.17. The summed E-state index contributed by atoms with van der Waals surface area (Å²) in [5, 5.41) is 0. The molecule has 1 rings (SSSR count). The van der Waals surface area contributed by atoms with E-state index in [2.05, 4.69) is 0 Å². The second-order valence-corrected chi connectivity index (χ2v) is 3.59. The SMILES string of the molecule is COc1ccc(/C(C)=C/CCCl)cc1F. The van der Waals surface area contributed by atoms with Gasteiger partial charge < -0.3 is 4.74 Å². The van der Waals surface area contributed by atoms with Gasteiger partial charge >= 0.3 is 0 Å². The van der Waals surface area contributed by atoms with Crippen molar-refractivity contribution in [2.24, 2.45) is 0 Å². The number of benzene rings is 1. The molecule has 0 amide bonds. The van der Waals surface area contributed by atoms with E-state index in [4.69, 9.17) is 16.3 Å². The van der Waals surface area contributed by atoms with Crippen LogP contribution in [0.5, 0.6) is 5.75 Å². The second kappa shape index (κ2) is 5.76. The molecule has 15 heavy (non-hydrogen) atoms. The van der Waals surface area contributed by atoms with Crippen molar-refractivity contribution in [1.82, 2.24) is 0 Å². The molecule has 1 nitrogen and oxygen atoms in total. The van der Waals surface area contributed by atoms with Crippen LogP contribution in [0, 0.1) is 5.82 Å². The van der Waals surface area contributed by atoms with Crippen molar-refractivity contribution in [2.75, 3.05) is 13.0 Å². The zero-order valence-electron chi connectivity index (χ0n) is 8.89. The van der Waals surface area contributed by atoms with E-state index < -0.39 is 0 Å². The Labute approximate surface area is 94.5 Å². The van der Waals surface area contributed by atoms with Gasteiger partial charge in [-0.1, -0.05) is 12.1 Å². The molecule has 0 aromatic heterocycles. The zero-order valence-corrected chi connectivity index (χ0v) is 9.64. The first kappa shape index (κ1) is 12.1. The monoisotopic (exact) mass is 228 g/mol. The van der Waals surface area contributed by atoms with E-state index in [1.807, 2.05) is 19.1 Å². The van der Waals surface area contributed by atoms with Crippen molar-refractivity contribution < 1.29 is 9.13 Å². The van der Waals surface area contributed by atoms with Crippen molar-refractivity contribution in [3.05, 3.63) is 35.7 Å². The average molecular weight is 229 g/mol. The summed E-state index contributed by atoms with van der Waals surface area (Å²) in [5.41, 5.74) is 1.88. The fourth-order valence-corrected chi connectivity index (χ4v) is 1.41. The standard InChI is InChI=1S/C12H14ClFO/c1-9(4-3-7-13)10-5-6-12(15-2)11(14)8-10/h4-6,8H,3,7H2,1-2H3/b9-4+. The third-order valence-electron chi connectivity index (χ3n) is 2.17. The third-order valence-corrected chi connectivity index (χ3v) is 2.38. The van der Waals surface area contributed by atoms with Gasteiger partial charge in [0.15, 0.2) is 11.6 Å². The van der Waals surface area contributed by atoms with Crippen LogP contribution < -0.4 is 4.74 Å². The smallest absolute Gasteiger partial charge is 0.165 e. The molecule has 1 aromatic rings. The molecule has 0 aliphatic carbocycles. The summed E-state index contributed by atoms with van der Waals surface area (Å²) in [6, 6.07) is 4.93. The van der Waals surface area contributed by atoms with Gasteiger partial charge in [-0.3, -0.25) is 0 Å². The van der Waals surface area contributed by atoms with Crippen LogP contribution >= 0.6 is 11.6 Å². The molecule has 0 N–H and O–H groups in total. The quantitative estimate of drug-likeness (QED) is 0.711. The molecule has 0 aliphatic heterocycles. The number of ether oxygens (including phenoxy) is 1. The number of methoxy groups -OCH3 is 1. The molecule has 0 unspecified atom stereocenters. The van der Waals surface area contributed by atoms with Crippen molar-refractivity contribution in [2.45, 2.75) is 13.3 Å². The van der Waals surface area contributed by atoms with Crippen molar-refractivity contribution in [1.29, 1.82) is 0 Å². The first-order valence-electron chi connectivity index (χ1n) is 4.75. The second-order valence-electron chi connectivity index (χ2n) is 3.21. The topological polar surface area (TPSA) is 9.23 Å². The number of halogens is 2. The molecule has 0 aliphatic rings. The number of rotatable bonds is 4. The Morgan fingerprint density at radius 1 is 1.53 bits per heavy atom. The predicted molar refractivity (Wildman–Crippen MR) is 61.9 cm³/mol. The van der Waals surface area contributed by atoms with Gasteiger partial charge in [-0.2, -0.15) is 0 Å². The lowest BCUT2D eigenvalue weighted by molar-refractivity contribution is 0.386. The maximum absolute atomic E-state index is 13.4. The van der Waals surface area contributed by atoms with Gasteiger partial charge in [-0.15, -0.1) is 11.6 Å². The van der Waals surface area contributed by atoms with Gasteiger partial charge in [-0.25, -0.2) is 4.39 Å². The van der Waals surface area contributed by atoms with Crippen molar-refractivity contribution >= 4 is 17.2 Å². The van der Waals surface area contributed by atoms with Crippen LogP contribution in [-0.2, 0) is 0 Å². The van der Waals surface area contributed by atoms with E-state index in [0.717, 1.165) is 17.6 Å². The lowest BCUT2D eigenvalue weighted by atomic mass is 10.1. The molecule has 0 saturated heterocycles. The van der Waals surface area contributed by atoms with Crippen molar-refractivity contribution in [3.8, 4) is 5.75 Å². The van der Waals surface area contributed by atoms with Gasteiger partial charge in [-0.05, 0) is 36.6 Å². The molecule has 0 fully saturated rings. The Kier molecular flexibility index (Phi) is 4.63. The number of alkyl halides is 1. The van der Waals surface area contributed by atoms with Crippen LogP contribution in [0.15, 0.2) is 24.3 Å². The zero-order chi connectivity index (χ0) is 11.3. The largest absolute Gasteiger partial charge is 0.494 e. The molecule has 0 saturated carbocycles. The molecule has 0 spiro atoms. The fraction of sp³-hybridized carbons (Fsp3) is 0.333. The Balaban J connectivity index is 2.92. The van der Waals surface area contributed by atoms with E-state index in [0.29, 0.717) is 5.88 Å². The van der Waals surface area contributed by atoms with E-state index in [-0.39, 0.29) is 11.6 Å². The highest BCUT2D eigenvalue weighted by Crippen LogP contribution is 2.22. The third kappa shape index (κ3) is 3.24. The Morgan fingerprint density at radius 2 is 2.27 bits per heavy atom. The summed E-state index contributed by atoms with van der Waals surface area (Å²) in [5.74, 6) is 0.508. The van der Waals surface area contributed by atoms with E-state index in [1.54, 1.807) is 6.07 Å².